The van der Waals surface area contributed by atoms with E-state index >= 15 is 0 Å². The minimum absolute atomic E-state index is 0.0159. The minimum Gasteiger partial charge on any atom is -0.444 e. The molecule has 3 rings (SSSR count). The van der Waals surface area contributed by atoms with Crippen LogP contribution in [0.5, 0.6) is 0 Å². The van der Waals surface area contributed by atoms with Crippen molar-refractivity contribution in [2.24, 2.45) is 0 Å². The summed E-state index contributed by atoms with van der Waals surface area (Å²) in [4.78, 5) is 23.1. The number of nitrogens with zero attached hydrogens (tertiary/aromatic N) is 5. The monoisotopic (exact) mass is 501 g/mol. The van der Waals surface area contributed by atoms with E-state index < -0.39 is 29.6 Å². The van der Waals surface area contributed by atoms with Gasteiger partial charge in [0.25, 0.3) is 0 Å². The first-order chi connectivity index (χ1) is 14.0. The number of carbonyl (C=O) groups excluding carboxylic acids is 1. The Morgan fingerprint density at radius 3 is 2.73 bits per heavy atom. The molecule has 11 heteroatoms. The van der Waals surface area contributed by atoms with Crippen LogP contribution in [0, 0.1) is 23.2 Å². The number of anilines is 1. The van der Waals surface area contributed by atoms with E-state index in [0.29, 0.717) is 0 Å². The quantitative estimate of drug-likeness (QED) is 0.439. The van der Waals surface area contributed by atoms with Gasteiger partial charge in [0.1, 0.15) is 16.9 Å². The number of hydrogen-bond acceptors (Lipinski definition) is 6. The molecule has 0 saturated carbocycles. The van der Waals surface area contributed by atoms with Gasteiger partial charge in [0.2, 0.25) is 0 Å². The first-order valence-corrected chi connectivity index (χ1v) is 10.3. The molecule has 1 unspecified atom stereocenters. The zero-order valence-corrected chi connectivity index (χ0v) is 18.9. The molecular formula is C19H19BrClF2N5O2. The fourth-order valence-corrected chi connectivity index (χ4v) is 3.75. The van der Waals surface area contributed by atoms with Gasteiger partial charge in [-0.2, -0.15) is 19.6 Å². The summed E-state index contributed by atoms with van der Waals surface area (Å²) in [5.41, 5.74) is -0.890. The van der Waals surface area contributed by atoms with E-state index in [1.165, 1.54) is 11.0 Å². The summed E-state index contributed by atoms with van der Waals surface area (Å²) >= 11 is 9.11. The number of fused-ring (bicyclic) bond motifs is 1. The lowest BCUT2D eigenvalue weighted by Crippen LogP contribution is -2.56. The molecule has 30 heavy (non-hydrogen) atoms. The summed E-state index contributed by atoms with van der Waals surface area (Å²) in [5.74, 6) is -0.640. The molecule has 0 N–H and O–H groups in total. The molecule has 160 valence electrons. The molecule has 1 aromatic heterocycles. The highest BCUT2D eigenvalue weighted by atomic mass is 79.9. The maximum atomic E-state index is 14.6. The maximum absolute atomic E-state index is 14.6. The molecule has 7 nitrogen and oxygen atoms in total. The van der Waals surface area contributed by atoms with Gasteiger partial charge in [-0.15, -0.1) is 0 Å². The van der Waals surface area contributed by atoms with Gasteiger partial charge < -0.3 is 14.5 Å². The lowest BCUT2D eigenvalue weighted by Gasteiger charge is -2.41. The van der Waals surface area contributed by atoms with Crippen LogP contribution in [0.1, 0.15) is 27.2 Å². The van der Waals surface area contributed by atoms with Crippen LogP contribution in [-0.2, 0) is 4.74 Å². The molecule has 2 aromatic rings. The van der Waals surface area contributed by atoms with E-state index in [-0.39, 0.29) is 52.3 Å². The predicted molar refractivity (Wildman–Crippen MR) is 111 cm³/mol. The van der Waals surface area contributed by atoms with Gasteiger partial charge in [0.05, 0.1) is 28.0 Å². The van der Waals surface area contributed by atoms with E-state index in [2.05, 4.69) is 32.0 Å². The first-order valence-electron chi connectivity index (χ1n) is 9.14. The van der Waals surface area contributed by atoms with Crippen molar-refractivity contribution in [3.63, 3.8) is 0 Å². The molecule has 1 aliphatic rings. The normalized spacial score (nSPS) is 17.2. The third-order valence-corrected chi connectivity index (χ3v) is 5.82. The van der Waals surface area contributed by atoms with Gasteiger partial charge in [0, 0.05) is 25.0 Å². The van der Waals surface area contributed by atoms with E-state index in [1.807, 2.05) is 0 Å². The molecule has 2 heterocycles. The average Bonchev–Trinajstić information content (AvgIpc) is 2.65. The second-order valence-corrected chi connectivity index (χ2v) is 9.03. The highest BCUT2D eigenvalue weighted by Crippen LogP contribution is 2.35. The number of amides is 1. The summed E-state index contributed by atoms with van der Waals surface area (Å²) in [6.07, 6.45) is -1.57. The number of aromatic nitrogens is 2. The lowest BCUT2D eigenvalue weighted by atomic mass is 10.1. The number of benzene rings is 1. The fourth-order valence-electron chi connectivity index (χ4n) is 3.26. The molecule has 1 amide bonds. The van der Waals surface area contributed by atoms with Crippen LogP contribution in [0.15, 0.2) is 10.5 Å². The molecule has 1 atom stereocenters. The van der Waals surface area contributed by atoms with Crippen molar-refractivity contribution < 1.29 is 18.3 Å². The van der Waals surface area contributed by atoms with Crippen LogP contribution in [0.2, 0.25) is 5.02 Å². The number of ether oxygens (including phenoxy) is 1. The summed E-state index contributed by atoms with van der Waals surface area (Å²) in [5, 5.41) is 9.56. The van der Waals surface area contributed by atoms with Crippen molar-refractivity contribution >= 4 is 50.3 Å². The Labute approximate surface area is 185 Å². The van der Waals surface area contributed by atoms with Crippen molar-refractivity contribution in [2.75, 3.05) is 24.5 Å². The van der Waals surface area contributed by atoms with Crippen molar-refractivity contribution in [3.8, 4) is 6.07 Å². The van der Waals surface area contributed by atoms with E-state index in [4.69, 9.17) is 16.3 Å². The van der Waals surface area contributed by atoms with Crippen molar-refractivity contribution in [2.45, 2.75) is 38.8 Å². The predicted octanol–water partition coefficient (Wildman–Crippen LogP) is 4.66. The number of piperazine rings is 1. The van der Waals surface area contributed by atoms with Crippen molar-refractivity contribution in [1.29, 1.82) is 5.26 Å². The SMILES string of the molecule is CC(C)(C)OC(=O)N1CCN(c2nc(F)nc3c(F)c(Br)c(Cl)cc23)CC1CC#N. The van der Waals surface area contributed by atoms with Crippen LogP contribution in [0.25, 0.3) is 10.9 Å². The van der Waals surface area contributed by atoms with Crippen LogP contribution in [0.3, 0.4) is 0 Å². The summed E-state index contributed by atoms with van der Waals surface area (Å²) < 4.78 is 34.1. The number of nitriles is 1. The van der Waals surface area contributed by atoms with Gasteiger partial charge in [-0.1, -0.05) is 11.6 Å². The fraction of sp³-hybridized carbons (Fsp3) is 0.474. The van der Waals surface area contributed by atoms with Gasteiger partial charge in [0.15, 0.2) is 5.82 Å². The molecule has 0 aliphatic carbocycles. The standard InChI is InChI=1S/C19H19BrClF2N5O2/c1-19(2,3)30-18(29)28-7-6-27(9-10(28)4-5-24)16-11-8-12(21)13(20)14(22)15(11)25-17(23)26-16/h8,10H,4,6-7,9H2,1-3H3. The Morgan fingerprint density at radius 2 is 2.10 bits per heavy atom. The van der Waals surface area contributed by atoms with Crippen LogP contribution in [0.4, 0.5) is 19.4 Å². The van der Waals surface area contributed by atoms with Crippen molar-refractivity contribution in [3.05, 3.63) is 27.5 Å². The number of hydrogen-bond donors (Lipinski definition) is 0. The molecule has 0 spiro atoms. The third kappa shape index (κ3) is 4.57. The average molecular weight is 503 g/mol. The number of halogens is 4. The summed E-state index contributed by atoms with van der Waals surface area (Å²) in [7, 11) is 0. The van der Waals surface area contributed by atoms with Crippen LogP contribution in [-0.4, -0.2) is 52.2 Å². The molecular weight excluding hydrogens is 484 g/mol. The van der Waals surface area contributed by atoms with Crippen molar-refractivity contribution in [1.82, 2.24) is 14.9 Å². The topological polar surface area (TPSA) is 82.3 Å². The van der Waals surface area contributed by atoms with Gasteiger partial charge in [-0.3, -0.25) is 0 Å². The zero-order chi connectivity index (χ0) is 22.2. The minimum atomic E-state index is -1.09. The van der Waals surface area contributed by atoms with E-state index in [1.54, 1.807) is 25.7 Å². The largest absolute Gasteiger partial charge is 0.444 e. The zero-order valence-electron chi connectivity index (χ0n) is 16.5. The lowest BCUT2D eigenvalue weighted by molar-refractivity contribution is 0.0145. The second kappa shape index (κ2) is 8.47. The highest BCUT2D eigenvalue weighted by molar-refractivity contribution is 9.10. The highest BCUT2D eigenvalue weighted by Gasteiger charge is 2.34. The van der Waals surface area contributed by atoms with Gasteiger partial charge >= 0.3 is 12.2 Å². The van der Waals surface area contributed by atoms with E-state index in [9.17, 15) is 18.8 Å². The Hall–Kier alpha value is -2.25. The van der Waals surface area contributed by atoms with Crippen LogP contribution < -0.4 is 4.90 Å². The second-order valence-electron chi connectivity index (χ2n) is 7.83. The molecule has 0 bridgehead atoms. The molecule has 1 fully saturated rings. The van der Waals surface area contributed by atoms with Gasteiger partial charge in [-0.05, 0) is 42.8 Å². The molecule has 1 aliphatic heterocycles. The number of carbonyl (C=O) groups is 1. The Bertz CT molecular complexity index is 1040. The Kier molecular flexibility index (Phi) is 6.34. The van der Waals surface area contributed by atoms with E-state index in [0.717, 1.165) is 0 Å². The first kappa shape index (κ1) is 22.4. The Morgan fingerprint density at radius 1 is 1.40 bits per heavy atom. The van der Waals surface area contributed by atoms with Crippen LogP contribution >= 0.6 is 27.5 Å². The summed E-state index contributed by atoms with van der Waals surface area (Å²) in [6, 6.07) is 3.01. The Balaban J connectivity index is 1.97. The third-order valence-electron chi connectivity index (χ3n) is 4.52. The molecule has 0 radical (unpaired) electrons. The van der Waals surface area contributed by atoms with Gasteiger partial charge in [-0.25, -0.2) is 9.18 Å². The smallest absolute Gasteiger partial charge is 0.410 e. The summed E-state index contributed by atoms with van der Waals surface area (Å²) in [6.45, 7) is 5.96. The number of rotatable bonds is 2. The molecule has 1 saturated heterocycles. The molecule has 1 aromatic carbocycles. The maximum Gasteiger partial charge on any atom is 0.410 e.